The topological polar surface area (TPSA) is 44.2 Å². The van der Waals surface area contributed by atoms with Gasteiger partial charge in [-0.3, -0.25) is 0 Å². The second-order valence-electron chi connectivity index (χ2n) is 34.6. The lowest BCUT2D eigenvalue weighted by atomic mass is 9.74. The van der Waals surface area contributed by atoms with Gasteiger partial charge in [0.2, 0.25) is 0 Å². The van der Waals surface area contributed by atoms with E-state index in [4.69, 9.17) is 19.3 Å². The Balaban J connectivity index is 0.000000109. The zero-order valence-electron chi connectivity index (χ0n) is 65.8. The van der Waals surface area contributed by atoms with Gasteiger partial charge in [-0.2, -0.15) is 0 Å². The normalized spacial score (nSPS) is 15.0. The summed E-state index contributed by atoms with van der Waals surface area (Å²) in [5, 5.41) is 33.4. The number of aromatic nitrogens is 2. The Hall–Kier alpha value is -12.7. The average Bonchev–Trinajstić information content (AvgIpc) is 1.52. The highest BCUT2D eigenvalue weighted by Gasteiger charge is 2.52. The van der Waals surface area contributed by atoms with Crippen molar-refractivity contribution in [3.8, 4) is 55.9 Å². The van der Waals surface area contributed by atoms with E-state index >= 15 is 0 Å². The smallest absolute Gasteiger partial charge is 0.399 e. The Bertz CT molecular complexity index is 7960. The van der Waals surface area contributed by atoms with Gasteiger partial charge in [-0.15, -0.1) is 0 Å². The highest BCUT2D eigenvalue weighted by Crippen LogP contribution is 2.54. The Morgan fingerprint density at radius 3 is 1.03 bits per heavy atom. The summed E-state index contributed by atoms with van der Waals surface area (Å²) in [4.78, 5) is 10.9. The number of fused-ring (bicyclic) bond motifs is 20. The first kappa shape index (κ1) is 68.9. The number of hydrogen-bond acceptors (Lipinski definition) is 4. The van der Waals surface area contributed by atoms with Crippen molar-refractivity contribution >= 4 is 180 Å². The number of benzene rings is 20. The van der Waals surface area contributed by atoms with Crippen molar-refractivity contribution in [2.45, 2.75) is 77.4 Å². The molecule has 0 bridgehead atoms. The number of nitrogens with zero attached hydrogens (tertiary/aromatic N) is 2. The van der Waals surface area contributed by atoms with Crippen molar-refractivity contribution in [2.24, 2.45) is 0 Å². The molecule has 1 aliphatic heterocycles. The van der Waals surface area contributed by atoms with Crippen LogP contribution in [0.2, 0.25) is 0 Å². The average molecular weight is 1550 g/mol. The molecule has 3 heterocycles. The summed E-state index contributed by atoms with van der Waals surface area (Å²) < 4.78 is 13.9. The van der Waals surface area contributed by atoms with Crippen molar-refractivity contribution in [3.63, 3.8) is 0 Å². The molecule has 0 spiro atoms. The lowest BCUT2D eigenvalue weighted by Gasteiger charge is -2.32. The summed E-state index contributed by atoms with van der Waals surface area (Å²) in [6, 6.07) is 121. The molecule has 25 rings (SSSR count). The van der Waals surface area contributed by atoms with E-state index < -0.39 is 0 Å². The quantitative estimate of drug-likeness (QED) is 0.130. The molecule has 0 amide bonds. The van der Waals surface area contributed by atoms with E-state index in [1.54, 1.807) is 0 Å². The standard InChI is InChI=1S/C52H33N.C32H30BNO2.C26H15Br/c1-52(2)46-28-36(22-25-44(46)51-47(52)29-45-41-12-4-3-10-39(41)40-11-5-6-13-43(40)50(45)53-51)34-16-17-35-27-37(19-18-33(35)26-34)38-23-20-32-15-14-30-8-7-9-31-21-24-42(38)49(32)48(30)31;1-30(2)26-17-19(33-35-31(3,4)32(5,6)36-33)15-16-24(26)29-27(30)18-25-22-13-8-7-11-20(22)21-12-9-10-14-23(21)28(25)34-29;27-22-11-8-19-14-21(7-6-20(19)15-22)23-12-9-18-5-4-16-2-1-3-17-10-13-24(23)26(18)25(16)17/h3-29H,1-2H3;7-18H,1-6H3;1-15H. The number of pyridine rings is 2. The van der Waals surface area contributed by atoms with Crippen LogP contribution in [0.15, 0.2) is 332 Å². The third-order valence-corrected chi connectivity index (χ3v) is 27.4. The molecule has 0 N–H and O–H groups in total. The summed E-state index contributed by atoms with van der Waals surface area (Å²) >= 11 is 3.57. The summed E-state index contributed by atoms with van der Waals surface area (Å²) in [6.45, 7) is 17.7. The molecule has 1 saturated heterocycles. The van der Waals surface area contributed by atoms with Crippen molar-refractivity contribution in [3.05, 3.63) is 354 Å². The minimum atomic E-state index is -0.375. The minimum absolute atomic E-state index is 0.180. The Kier molecular flexibility index (Phi) is 14.9. The number of halogens is 1. The molecule has 0 radical (unpaired) electrons. The molecule has 116 heavy (non-hydrogen) atoms. The largest absolute Gasteiger partial charge is 0.494 e. The maximum atomic E-state index is 6.38. The van der Waals surface area contributed by atoms with Crippen LogP contribution in [-0.4, -0.2) is 28.3 Å². The second kappa shape index (κ2) is 25.2. The van der Waals surface area contributed by atoms with E-state index in [0.717, 1.165) is 32.4 Å². The molecule has 6 heteroatoms. The SMILES string of the molecule is Brc1ccc2cc(-c3ccc4ccc5cccc6ccc3c4c56)ccc2c1.CC1(C)c2cc(-c3ccc4cc(-c5ccc6ccc7cccc8ccc5c6c78)ccc4c3)ccc2-c2nc3c4ccccc4c4ccccc4c3cc21.CC1(C)c2cc(B3OC(C)(C)C(C)(C)O3)ccc2-c2nc3c4ccccc4c4ccccc4c3cc21. The van der Waals surface area contributed by atoms with E-state index in [2.05, 4.69) is 399 Å². The van der Waals surface area contributed by atoms with Crippen LogP contribution in [0.3, 0.4) is 0 Å². The fourth-order valence-electron chi connectivity index (χ4n) is 20.1. The van der Waals surface area contributed by atoms with E-state index in [1.165, 1.54) is 207 Å². The monoisotopic (exact) mass is 1550 g/mol. The van der Waals surface area contributed by atoms with E-state index in [0.29, 0.717) is 0 Å². The molecule has 20 aromatic carbocycles. The Morgan fingerprint density at radius 2 is 0.569 bits per heavy atom. The first-order chi connectivity index (χ1) is 56.4. The fourth-order valence-corrected chi connectivity index (χ4v) is 20.4. The highest BCUT2D eigenvalue weighted by molar-refractivity contribution is 9.10. The molecular formula is C110H78BBrN2O2. The number of rotatable bonds is 4. The highest BCUT2D eigenvalue weighted by atomic mass is 79.9. The van der Waals surface area contributed by atoms with Crippen molar-refractivity contribution in [2.75, 3.05) is 0 Å². The second-order valence-corrected chi connectivity index (χ2v) is 35.5. The zero-order chi connectivity index (χ0) is 78.0. The van der Waals surface area contributed by atoms with Gasteiger partial charge in [0.25, 0.3) is 0 Å². The molecule has 2 aliphatic carbocycles. The summed E-state index contributed by atoms with van der Waals surface area (Å²) in [7, 11) is -0.375. The predicted molar refractivity (Wildman–Crippen MR) is 497 cm³/mol. The van der Waals surface area contributed by atoms with Crippen molar-refractivity contribution < 1.29 is 9.31 Å². The molecule has 4 nitrogen and oxygen atoms in total. The van der Waals surface area contributed by atoms with Crippen LogP contribution in [0.1, 0.15) is 77.6 Å². The summed E-state index contributed by atoms with van der Waals surface area (Å²) in [6.07, 6.45) is 0. The van der Waals surface area contributed by atoms with Crippen LogP contribution in [0.4, 0.5) is 0 Å². The summed E-state index contributed by atoms with van der Waals surface area (Å²) in [5.74, 6) is 0. The molecule has 2 aromatic heterocycles. The van der Waals surface area contributed by atoms with E-state index in [9.17, 15) is 0 Å². The molecule has 3 aliphatic rings. The van der Waals surface area contributed by atoms with Gasteiger partial charge in [0.05, 0.1) is 33.6 Å². The molecule has 0 unspecified atom stereocenters. The van der Waals surface area contributed by atoms with Gasteiger partial charge in [-0.05, 0) is 256 Å². The molecule has 550 valence electrons. The van der Waals surface area contributed by atoms with Crippen LogP contribution in [-0.2, 0) is 20.1 Å². The van der Waals surface area contributed by atoms with Crippen LogP contribution < -0.4 is 5.46 Å². The summed E-state index contributed by atoms with van der Waals surface area (Å²) in [5.41, 5.74) is 19.5. The molecular weight excluding hydrogens is 1470 g/mol. The van der Waals surface area contributed by atoms with Gasteiger partial charge in [-0.1, -0.05) is 323 Å². The first-order valence-corrected chi connectivity index (χ1v) is 41.4. The van der Waals surface area contributed by atoms with E-state index in [1.807, 2.05) is 0 Å². The van der Waals surface area contributed by atoms with Gasteiger partial charge in [0, 0.05) is 48.0 Å². The van der Waals surface area contributed by atoms with Crippen molar-refractivity contribution in [1.82, 2.24) is 9.97 Å². The maximum Gasteiger partial charge on any atom is 0.494 e. The Labute approximate surface area is 681 Å². The third kappa shape index (κ3) is 10.3. The van der Waals surface area contributed by atoms with E-state index in [-0.39, 0.29) is 29.2 Å². The maximum absolute atomic E-state index is 6.38. The van der Waals surface area contributed by atoms with Gasteiger partial charge in [0.1, 0.15) is 0 Å². The van der Waals surface area contributed by atoms with Gasteiger partial charge in [-0.25, -0.2) is 9.97 Å². The van der Waals surface area contributed by atoms with Crippen LogP contribution in [0.25, 0.3) is 207 Å². The predicted octanol–water partition coefficient (Wildman–Crippen LogP) is 29.5. The minimum Gasteiger partial charge on any atom is -0.399 e. The first-order valence-electron chi connectivity index (χ1n) is 40.6. The van der Waals surface area contributed by atoms with Crippen LogP contribution in [0, 0.1) is 0 Å². The zero-order valence-corrected chi connectivity index (χ0v) is 67.4. The third-order valence-electron chi connectivity index (χ3n) is 26.9. The lowest BCUT2D eigenvalue weighted by Crippen LogP contribution is -2.41. The number of hydrogen-bond donors (Lipinski definition) is 0. The Morgan fingerprint density at radius 1 is 0.241 bits per heavy atom. The van der Waals surface area contributed by atoms with Gasteiger partial charge >= 0.3 is 7.12 Å². The molecule has 0 atom stereocenters. The van der Waals surface area contributed by atoms with Crippen LogP contribution >= 0.6 is 15.9 Å². The lowest BCUT2D eigenvalue weighted by molar-refractivity contribution is 0.00578. The molecule has 22 aromatic rings. The van der Waals surface area contributed by atoms with Gasteiger partial charge < -0.3 is 9.31 Å². The fraction of sp³-hybridized carbons (Fsp3) is 0.109. The van der Waals surface area contributed by atoms with Crippen LogP contribution in [0.5, 0.6) is 0 Å². The van der Waals surface area contributed by atoms with Gasteiger partial charge in [0.15, 0.2) is 0 Å². The molecule has 1 fully saturated rings. The molecule has 0 saturated carbocycles. The van der Waals surface area contributed by atoms with Crippen molar-refractivity contribution in [1.29, 1.82) is 0 Å².